The lowest BCUT2D eigenvalue weighted by molar-refractivity contribution is 0.493. The highest BCUT2D eigenvalue weighted by atomic mass is 79.9. The molecule has 0 saturated carbocycles. The van der Waals surface area contributed by atoms with Crippen molar-refractivity contribution in [1.82, 2.24) is 10.3 Å². The van der Waals surface area contributed by atoms with Gasteiger partial charge in [-0.2, -0.15) is 0 Å². The van der Waals surface area contributed by atoms with Crippen LogP contribution in [0.25, 0.3) is 0 Å². The van der Waals surface area contributed by atoms with Gasteiger partial charge in [-0.05, 0) is 53.2 Å². The first-order valence-electron chi connectivity index (χ1n) is 6.89. The van der Waals surface area contributed by atoms with Gasteiger partial charge in [0.05, 0.1) is 0 Å². The number of aromatic nitrogens is 1. The van der Waals surface area contributed by atoms with Gasteiger partial charge in [0.1, 0.15) is 5.82 Å². The summed E-state index contributed by atoms with van der Waals surface area (Å²) in [6, 6.07) is 8.46. The molecule has 0 aliphatic carbocycles. The Hall–Kier alpha value is -0.970. The molecule has 0 saturated heterocycles. The van der Waals surface area contributed by atoms with Crippen LogP contribution in [0.5, 0.6) is 0 Å². The van der Waals surface area contributed by atoms with Crippen LogP contribution in [0.2, 0.25) is 5.02 Å². The number of hydrogen-bond donors (Lipinski definition) is 1. The van der Waals surface area contributed by atoms with Crippen LogP contribution >= 0.6 is 27.5 Å². The smallest absolute Gasteiger partial charge is 0.129 e. The Balaban J connectivity index is 2.27. The summed E-state index contributed by atoms with van der Waals surface area (Å²) in [5, 5.41) is 3.80. The quantitative estimate of drug-likeness (QED) is 0.779. The molecule has 0 spiro atoms. The molecular weight excluding hydrogens is 355 g/mol. The first kappa shape index (κ1) is 16.4. The fourth-order valence-electron chi connectivity index (χ4n) is 2.17. The minimum Gasteiger partial charge on any atom is -0.309 e. The van der Waals surface area contributed by atoms with Gasteiger partial charge < -0.3 is 5.32 Å². The summed E-state index contributed by atoms with van der Waals surface area (Å²) in [5.41, 5.74) is 1.41. The lowest BCUT2D eigenvalue weighted by atomic mass is 10.0. The first-order chi connectivity index (χ1) is 10.1. The molecule has 0 amide bonds. The zero-order valence-corrected chi connectivity index (χ0v) is 14.1. The van der Waals surface area contributed by atoms with Crippen molar-refractivity contribution < 1.29 is 4.39 Å². The Bertz CT molecular complexity index is 569. The van der Waals surface area contributed by atoms with Crippen LogP contribution in [-0.2, 0) is 6.42 Å². The molecule has 5 heteroatoms. The Morgan fingerprint density at radius 3 is 2.76 bits per heavy atom. The number of halogens is 3. The van der Waals surface area contributed by atoms with Crippen molar-refractivity contribution in [2.24, 2.45) is 0 Å². The molecule has 1 N–H and O–H groups in total. The number of nitrogens with zero attached hydrogens (tertiary/aromatic N) is 1. The van der Waals surface area contributed by atoms with Gasteiger partial charge in [-0.3, -0.25) is 4.98 Å². The van der Waals surface area contributed by atoms with Gasteiger partial charge in [-0.1, -0.05) is 24.6 Å². The average molecular weight is 372 g/mol. The summed E-state index contributed by atoms with van der Waals surface area (Å²) < 4.78 is 15.1. The molecule has 1 aromatic heterocycles. The summed E-state index contributed by atoms with van der Waals surface area (Å²) in [4.78, 5) is 4.36. The van der Waals surface area contributed by atoms with Gasteiger partial charge in [0.25, 0.3) is 0 Å². The molecule has 1 unspecified atom stereocenters. The number of rotatable bonds is 6. The van der Waals surface area contributed by atoms with E-state index in [0.717, 1.165) is 23.1 Å². The third-order valence-corrected chi connectivity index (χ3v) is 3.99. The predicted octanol–water partition coefficient (Wildman–Crippen LogP) is 4.92. The lowest BCUT2D eigenvalue weighted by Crippen LogP contribution is -2.25. The number of hydrogen-bond acceptors (Lipinski definition) is 2. The molecule has 1 heterocycles. The SMILES string of the molecule is CCCNC(Cc1ccc(Br)cn1)c1c(F)cccc1Cl. The van der Waals surface area contributed by atoms with Crippen molar-refractivity contribution in [2.45, 2.75) is 25.8 Å². The largest absolute Gasteiger partial charge is 0.309 e. The van der Waals surface area contributed by atoms with E-state index in [2.05, 4.69) is 33.2 Å². The third kappa shape index (κ3) is 4.50. The Morgan fingerprint density at radius 2 is 2.14 bits per heavy atom. The van der Waals surface area contributed by atoms with E-state index < -0.39 is 0 Å². The third-order valence-electron chi connectivity index (χ3n) is 3.19. The summed E-state index contributed by atoms with van der Waals surface area (Å²) in [7, 11) is 0. The van der Waals surface area contributed by atoms with Crippen molar-refractivity contribution in [1.29, 1.82) is 0 Å². The minimum atomic E-state index is -0.284. The van der Waals surface area contributed by atoms with E-state index in [9.17, 15) is 4.39 Å². The van der Waals surface area contributed by atoms with Crippen LogP contribution in [-0.4, -0.2) is 11.5 Å². The first-order valence-corrected chi connectivity index (χ1v) is 8.06. The van der Waals surface area contributed by atoms with Crippen LogP contribution in [0.4, 0.5) is 4.39 Å². The summed E-state index contributed by atoms with van der Waals surface area (Å²) in [5.74, 6) is -0.284. The van der Waals surface area contributed by atoms with Crippen LogP contribution in [0.15, 0.2) is 41.0 Å². The van der Waals surface area contributed by atoms with Gasteiger partial charge in [0, 0.05) is 39.4 Å². The average Bonchev–Trinajstić information content (AvgIpc) is 2.46. The van der Waals surface area contributed by atoms with Gasteiger partial charge in [0.15, 0.2) is 0 Å². The van der Waals surface area contributed by atoms with Crippen molar-refractivity contribution in [3.8, 4) is 0 Å². The zero-order chi connectivity index (χ0) is 15.2. The summed E-state index contributed by atoms with van der Waals surface area (Å²) in [6.07, 6.45) is 3.31. The van der Waals surface area contributed by atoms with Crippen molar-refractivity contribution in [3.05, 3.63) is 63.1 Å². The molecule has 1 aromatic carbocycles. The van der Waals surface area contributed by atoms with Crippen LogP contribution in [0.3, 0.4) is 0 Å². The standard InChI is InChI=1S/C16H17BrClFN2/c1-2-8-20-15(9-12-7-6-11(17)10-21-12)16-13(18)4-3-5-14(16)19/h3-7,10,15,20H,2,8-9H2,1H3. The maximum absolute atomic E-state index is 14.1. The Morgan fingerprint density at radius 1 is 1.33 bits per heavy atom. The molecule has 2 rings (SSSR count). The topological polar surface area (TPSA) is 24.9 Å². The highest BCUT2D eigenvalue weighted by Gasteiger charge is 2.19. The zero-order valence-electron chi connectivity index (χ0n) is 11.7. The number of pyridine rings is 1. The molecule has 0 bridgehead atoms. The molecule has 0 radical (unpaired) electrons. The van der Waals surface area contributed by atoms with Crippen molar-refractivity contribution in [3.63, 3.8) is 0 Å². The second-order valence-corrected chi connectivity index (χ2v) is 6.14. The maximum Gasteiger partial charge on any atom is 0.129 e. The summed E-state index contributed by atoms with van der Waals surface area (Å²) >= 11 is 9.55. The fourth-order valence-corrected chi connectivity index (χ4v) is 2.70. The molecule has 1 atom stereocenters. The number of benzene rings is 1. The maximum atomic E-state index is 14.1. The second-order valence-electron chi connectivity index (χ2n) is 4.81. The second kappa shape index (κ2) is 7.87. The Kier molecular flexibility index (Phi) is 6.15. The van der Waals surface area contributed by atoms with Crippen LogP contribution in [0, 0.1) is 5.82 Å². The molecule has 0 aliphatic heterocycles. The normalized spacial score (nSPS) is 12.4. The molecule has 0 aliphatic rings. The predicted molar refractivity (Wildman–Crippen MR) is 88.1 cm³/mol. The van der Waals surface area contributed by atoms with Crippen LogP contribution < -0.4 is 5.32 Å². The Labute approximate surface area is 137 Å². The van der Waals surface area contributed by atoms with E-state index >= 15 is 0 Å². The van der Waals surface area contributed by atoms with Crippen molar-refractivity contribution in [2.75, 3.05) is 6.54 Å². The molecule has 112 valence electrons. The van der Waals surface area contributed by atoms with E-state index in [-0.39, 0.29) is 11.9 Å². The fraction of sp³-hybridized carbons (Fsp3) is 0.312. The summed E-state index contributed by atoms with van der Waals surface area (Å²) in [6.45, 7) is 2.87. The molecule has 2 nitrogen and oxygen atoms in total. The van der Waals surface area contributed by atoms with Gasteiger partial charge in [0.2, 0.25) is 0 Å². The minimum absolute atomic E-state index is 0.188. The molecule has 0 fully saturated rings. The molecular formula is C16H17BrClFN2. The van der Waals surface area contributed by atoms with E-state index in [4.69, 9.17) is 11.6 Å². The highest BCUT2D eigenvalue weighted by molar-refractivity contribution is 9.10. The van der Waals surface area contributed by atoms with E-state index in [1.165, 1.54) is 6.07 Å². The van der Waals surface area contributed by atoms with E-state index in [0.29, 0.717) is 17.0 Å². The van der Waals surface area contributed by atoms with Gasteiger partial charge in [-0.15, -0.1) is 0 Å². The molecule has 21 heavy (non-hydrogen) atoms. The van der Waals surface area contributed by atoms with Crippen molar-refractivity contribution >= 4 is 27.5 Å². The van der Waals surface area contributed by atoms with Gasteiger partial charge >= 0.3 is 0 Å². The van der Waals surface area contributed by atoms with Crippen LogP contribution in [0.1, 0.15) is 30.6 Å². The van der Waals surface area contributed by atoms with E-state index in [1.54, 1.807) is 18.3 Å². The lowest BCUT2D eigenvalue weighted by Gasteiger charge is -2.20. The van der Waals surface area contributed by atoms with E-state index in [1.807, 2.05) is 12.1 Å². The monoisotopic (exact) mass is 370 g/mol. The molecule has 2 aromatic rings. The number of nitrogens with one attached hydrogen (secondary N) is 1. The van der Waals surface area contributed by atoms with Gasteiger partial charge in [-0.25, -0.2) is 4.39 Å². The highest BCUT2D eigenvalue weighted by Crippen LogP contribution is 2.28.